The molecule has 0 aliphatic rings. The van der Waals surface area contributed by atoms with Crippen LogP contribution in [0, 0.1) is 19.8 Å². The van der Waals surface area contributed by atoms with Crippen LogP contribution in [0.4, 0.5) is 4.79 Å². The predicted molar refractivity (Wildman–Crippen MR) is 146 cm³/mol. The Morgan fingerprint density at radius 2 is 1.56 bits per heavy atom. The van der Waals surface area contributed by atoms with Gasteiger partial charge < -0.3 is 20.3 Å². The normalized spacial score (nSPS) is 14.1. The predicted octanol–water partition coefficient (Wildman–Crippen LogP) is 5.83. The molecule has 0 radical (unpaired) electrons. The van der Waals surface area contributed by atoms with Gasteiger partial charge in [0.05, 0.1) is 0 Å². The van der Waals surface area contributed by atoms with Crippen LogP contribution in [0.3, 0.4) is 0 Å². The van der Waals surface area contributed by atoms with Gasteiger partial charge in [-0.15, -0.1) is 0 Å². The SMILES string of the molecule is CCCC(C)NC(=O)C(c1c(C)cccc1C)N(CCC)C(=O)C(CC(C)C)NC(=O)OC(C)(C)C. The average molecular weight is 504 g/mol. The van der Waals surface area contributed by atoms with Crippen molar-refractivity contribution >= 4 is 17.9 Å². The number of nitrogens with one attached hydrogen (secondary N) is 2. The minimum absolute atomic E-state index is 0.0146. The number of benzene rings is 1. The maximum absolute atomic E-state index is 14.1. The van der Waals surface area contributed by atoms with E-state index in [9.17, 15) is 14.4 Å². The summed E-state index contributed by atoms with van der Waals surface area (Å²) in [7, 11) is 0. The van der Waals surface area contributed by atoms with Crippen molar-refractivity contribution in [3.63, 3.8) is 0 Å². The number of amides is 3. The number of nitrogens with zero attached hydrogens (tertiary/aromatic N) is 1. The summed E-state index contributed by atoms with van der Waals surface area (Å²) in [6.45, 7) is 19.7. The van der Waals surface area contributed by atoms with E-state index in [1.54, 1.807) is 25.7 Å². The number of ether oxygens (including phenoxy) is 1. The van der Waals surface area contributed by atoms with Crippen LogP contribution < -0.4 is 10.6 Å². The minimum Gasteiger partial charge on any atom is -0.444 e. The molecule has 3 amide bonds. The first-order chi connectivity index (χ1) is 16.7. The van der Waals surface area contributed by atoms with Crippen molar-refractivity contribution in [3.8, 4) is 0 Å². The van der Waals surface area contributed by atoms with E-state index in [0.717, 1.165) is 29.5 Å². The second-order valence-electron chi connectivity index (χ2n) is 11.3. The molecule has 3 atom stereocenters. The van der Waals surface area contributed by atoms with Gasteiger partial charge in [0.25, 0.3) is 0 Å². The number of aryl methyl sites for hydroxylation is 2. The Kier molecular flexibility index (Phi) is 12.4. The Labute approximate surface area is 218 Å². The largest absolute Gasteiger partial charge is 0.444 e. The lowest BCUT2D eigenvalue weighted by Crippen LogP contribution is -2.54. The van der Waals surface area contributed by atoms with Crippen molar-refractivity contribution in [2.24, 2.45) is 5.92 Å². The molecule has 0 aliphatic heterocycles. The van der Waals surface area contributed by atoms with E-state index < -0.39 is 23.8 Å². The zero-order chi connectivity index (χ0) is 27.6. The third kappa shape index (κ3) is 9.82. The van der Waals surface area contributed by atoms with E-state index in [1.165, 1.54) is 0 Å². The molecule has 0 spiro atoms. The van der Waals surface area contributed by atoms with E-state index in [0.29, 0.717) is 19.4 Å². The van der Waals surface area contributed by atoms with E-state index >= 15 is 0 Å². The molecule has 0 fully saturated rings. The summed E-state index contributed by atoms with van der Waals surface area (Å²) in [4.78, 5) is 42.2. The van der Waals surface area contributed by atoms with Gasteiger partial charge in [-0.3, -0.25) is 9.59 Å². The van der Waals surface area contributed by atoms with Crippen LogP contribution in [-0.2, 0) is 14.3 Å². The van der Waals surface area contributed by atoms with E-state index in [2.05, 4.69) is 17.6 Å². The van der Waals surface area contributed by atoms with Crippen LogP contribution in [0.25, 0.3) is 0 Å². The van der Waals surface area contributed by atoms with Crippen LogP contribution in [-0.4, -0.2) is 47.0 Å². The van der Waals surface area contributed by atoms with Gasteiger partial charge in [-0.1, -0.05) is 52.3 Å². The zero-order valence-corrected chi connectivity index (χ0v) is 24.2. The molecule has 0 aliphatic carbocycles. The molecule has 36 heavy (non-hydrogen) atoms. The fourth-order valence-electron chi connectivity index (χ4n) is 4.46. The Bertz CT molecular complexity index is 856. The molecule has 0 saturated carbocycles. The first-order valence-electron chi connectivity index (χ1n) is 13.4. The van der Waals surface area contributed by atoms with Gasteiger partial charge in [0, 0.05) is 12.6 Å². The maximum atomic E-state index is 14.1. The van der Waals surface area contributed by atoms with Crippen molar-refractivity contribution < 1.29 is 19.1 Å². The maximum Gasteiger partial charge on any atom is 0.408 e. The van der Waals surface area contributed by atoms with Crippen LogP contribution >= 0.6 is 0 Å². The molecule has 7 heteroatoms. The van der Waals surface area contributed by atoms with Gasteiger partial charge in [0.15, 0.2) is 0 Å². The lowest BCUT2D eigenvalue weighted by molar-refractivity contribution is -0.143. The lowest BCUT2D eigenvalue weighted by Gasteiger charge is -2.36. The summed E-state index contributed by atoms with van der Waals surface area (Å²) in [6.07, 6.45) is 2.27. The number of hydrogen-bond donors (Lipinski definition) is 2. The van der Waals surface area contributed by atoms with Crippen LogP contribution in [0.1, 0.15) is 104 Å². The van der Waals surface area contributed by atoms with Crippen LogP contribution in [0.15, 0.2) is 18.2 Å². The number of rotatable bonds is 12. The molecule has 0 saturated heterocycles. The number of carbonyl (C=O) groups excluding carboxylic acids is 3. The van der Waals surface area contributed by atoms with Crippen LogP contribution in [0.2, 0.25) is 0 Å². The Hall–Kier alpha value is -2.57. The first-order valence-corrected chi connectivity index (χ1v) is 13.4. The topological polar surface area (TPSA) is 87.7 Å². The molecular formula is C29H49N3O4. The smallest absolute Gasteiger partial charge is 0.408 e. The van der Waals surface area contributed by atoms with Gasteiger partial charge in [0.1, 0.15) is 17.7 Å². The average Bonchev–Trinajstić information content (AvgIpc) is 2.72. The molecule has 0 bridgehead atoms. The van der Waals surface area contributed by atoms with E-state index in [-0.39, 0.29) is 23.8 Å². The van der Waals surface area contributed by atoms with E-state index in [4.69, 9.17) is 4.74 Å². The van der Waals surface area contributed by atoms with E-state index in [1.807, 2.05) is 59.7 Å². The molecule has 7 nitrogen and oxygen atoms in total. The van der Waals surface area contributed by atoms with Gasteiger partial charge in [-0.25, -0.2) is 4.79 Å². The van der Waals surface area contributed by atoms with Gasteiger partial charge >= 0.3 is 6.09 Å². The molecule has 1 aromatic rings. The molecule has 3 unspecified atom stereocenters. The number of hydrogen-bond acceptors (Lipinski definition) is 4. The minimum atomic E-state index is -0.806. The molecule has 1 aromatic carbocycles. The molecule has 0 heterocycles. The molecule has 0 aromatic heterocycles. The zero-order valence-electron chi connectivity index (χ0n) is 24.2. The van der Waals surface area contributed by atoms with Crippen molar-refractivity contribution in [2.45, 2.75) is 119 Å². The van der Waals surface area contributed by atoms with Crippen LogP contribution in [0.5, 0.6) is 0 Å². The Balaban J connectivity index is 3.53. The summed E-state index contributed by atoms with van der Waals surface area (Å²) in [5.74, 6) is -0.326. The Morgan fingerprint density at radius 1 is 0.972 bits per heavy atom. The fourth-order valence-corrected chi connectivity index (χ4v) is 4.46. The molecule has 204 valence electrons. The highest BCUT2D eigenvalue weighted by molar-refractivity contribution is 5.92. The molecule has 2 N–H and O–H groups in total. The highest BCUT2D eigenvalue weighted by atomic mass is 16.6. The van der Waals surface area contributed by atoms with Gasteiger partial charge in [-0.2, -0.15) is 0 Å². The summed E-state index contributed by atoms with van der Waals surface area (Å²) < 4.78 is 5.45. The third-order valence-corrected chi connectivity index (χ3v) is 5.93. The summed E-state index contributed by atoms with van der Waals surface area (Å²) in [6, 6.07) is 4.28. The third-order valence-electron chi connectivity index (χ3n) is 5.93. The highest BCUT2D eigenvalue weighted by Crippen LogP contribution is 2.29. The van der Waals surface area contributed by atoms with Gasteiger partial charge in [-0.05, 0) is 83.4 Å². The number of alkyl carbamates (subject to hydrolysis) is 1. The van der Waals surface area contributed by atoms with Crippen molar-refractivity contribution in [3.05, 3.63) is 34.9 Å². The Morgan fingerprint density at radius 3 is 2.03 bits per heavy atom. The fraction of sp³-hybridized carbons (Fsp3) is 0.690. The quantitative estimate of drug-likeness (QED) is 0.376. The standard InChI is InChI=1S/C29H49N3O4/c1-11-14-22(7)30-26(33)25(24-20(5)15-13-16-21(24)6)32(17-12-2)27(34)23(18-19(3)4)31-28(35)36-29(8,9)10/h13,15-16,19,22-23,25H,11-12,14,17-18H2,1-10H3,(H,30,33)(H,31,35). The molecule has 1 rings (SSSR count). The van der Waals surface area contributed by atoms with Crippen molar-refractivity contribution in [2.75, 3.05) is 6.54 Å². The number of carbonyl (C=O) groups is 3. The highest BCUT2D eigenvalue weighted by Gasteiger charge is 2.37. The summed E-state index contributed by atoms with van der Waals surface area (Å²) >= 11 is 0. The second kappa shape index (κ2) is 14.2. The summed E-state index contributed by atoms with van der Waals surface area (Å²) in [5.41, 5.74) is 2.05. The van der Waals surface area contributed by atoms with Gasteiger partial charge in [0.2, 0.25) is 11.8 Å². The molecular weight excluding hydrogens is 454 g/mol. The summed E-state index contributed by atoms with van der Waals surface area (Å²) in [5, 5.41) is 5.93. The monoisotopic (exact) mass is 503 g/mol. The first kappa shape index (κ1) is 31.5. The van der Waals surface area contributed by atoms with Crippen molar-refractivity contribution in [1.29, 1.82) is 0 Å². The second-order valence-corrected chi connectivity index (χ2v) is 11.3. The lowest BCUT2D eigenvalue weighted by atomic mass is 9.92. The van der Waals surface area contributed by atoms with Crippen molar-refractivity contribution in [1.82, 2.24) is 15.5 Å².